The van der Waals surface area contributed by atoms with Crippen LogP contribution in [0.25, 0.3) is 0 Å². The minimum absolute atomic E-state index is 0.219. The van der Waals surface area contributed by atoms with Gasteiger partial charge in [-0.1, -0.05) is 17.7 Å². The molecule has 1 heterocycles. The second kappa shape index (κ2) is 7.50. The third kappa shape index (κ3) is 3.90. The molecule has 1 aliphatic heterocycles. The Balaban J connectivity index is 1.63. The van der Waals surface area contributed by atoms with E-state index >= 15 is 0 Å². The SMILES string of the molecule is Cc1cc(C)c(NC(=O)N2CCN(c3ccc(F)c(F)c3)CC2)c(Cl)c1. The zero-order chi connectivity index (χ0) is 18.8. The number of rotatable bonds is 2. The number of nitrogens with zero attached hydrogens (tertiary/aromatic N) is 2. The first-order valence-corrected chi connectivity index (χ1v) is 8.75. The van der Waals surface area contributed by atoms with Gasteiger partial charge < -0.3 is 15.1 Å². The van der Waals surface area contributed by atoms with Crippen LogP contribution in [0, 0.1) is 25.5 Å². The third-order valence-corrected chi connectivity index (χ3v) is 4.80. The van der Waals surface area contributed by atoms with Crippen LogP contribution < -0.4 is 10.2 Å². The fraction of sp³-hybridized carbons (Fsp3) is 0.316. The van der Waals surface area contributed by atoms with E-state index in [9.17, 15) is 13.6 Å². The highest BCUT2D eigenvalue weighted by Gasteiger charge is 2.23. The van der Waals surface area contributed by atoms with Gasteiger partial charge in [-0.2, -0.15) is 0 Å². The third-order valence-electron chi connectivity index (χ3n) is 4.50. The van der Waals surface area contributed by atoms with E-state index in [0.29, 0.717) is 42.6 Å². The van der Waals surface area contributed by atoms with Crippen molar-refractivity contribution in [2.75, 3.05) is 36.4 Å². The van der Waals surface area contributed by atoms with Crippen molar-refractivity contribution in [1.82, 2.24) is 4.90 Å². The maximum absolute atomic E-state index is 13.4. The van der Waals surface area contributed by atoms with Crippen LogP contribution in [0.1, 0.15) is 11.1 Å². The van der Waals surface area contributed by atoms with Crippen LogP contribution in [0.5, 0.6) is 0 Å². The molecule has 1 N–H and O–H groups in total. The van der Waals surface area contributed by atoms with E-state index in [4.69, 9.17) is 11.6 Å². The summed E-state index contributed by atoms with van der Waals surface area (Å²) in [7, 11) is 0. The van der Waals surface area contributed by atoms with Crippen LogP contribution in [-0.2, 0) is 0 Å². The first-order chi connectivity index (χ1) is 12.3. The molecular formula is C19H20ClF2N3O. The Hall–Kier alpha value is -2.34. The molecule has 3 rings (SSSR count). The van der Waals surface area contributed by atoms with Gasteiger partial charge in [0.25, 0.3) is 0 Å². The van der Waals surface area contributed by atoms with Gasteiger partial charge in [-0.05, 0) is 43.2 Å². The van der Waals surface area contributed by atoms with Gasteiger partial charge in [0.15, 0.2) is 11.6 Å². The summed E-state index contributed by atoms with van der Waals surface area (Å²) < 4.78 is 26.5. The molecule has 0 aliphatic carbocycles. The molecule has 0 bridgehead atoms. The van der Waals surface area contributed by atoms with Crippen LogP contribution in [-0.4, -0.2) is 37.1 Å². The van der Waals surface area contributed by atoms with E-state index in [1.807, 2.05) is 30.9 Å². The summed E-state index contributed by atoms with van der Waals surface area (Å²) in [6, 6.07) is 7.40. The van der Waals surface area contributed by atoms with E-state index in [1.54, 1.807) is 11.0 Å². The predicted octanol–water partition coefficient (Wildman–Crippen LogP) is 4.59. The molecule has 0 aromatic heterocycles. The Kier molecular flexibility index (Phi) is 5.32. The van der Waals surface area contributed by atoms with E-state index in [1.165, 1.54) is 6.07 Å². The van der Waals surface area contributed by atoms with E-state index < -0.39 is 11.6 Å². The Morgan fingerprint density at radius 2 is 1.73 bits per heavy atom. The summed E-state index contributed by atoms with van der Waals surface area (Å²) in [5, 5.41) is 3.38. The lowest BCUT2D eigenvalue weighted by molar-refractivity contribution is 0.208. The monoisotopic (exact) mass is 379 g/mol. The highest BCUT2D eigenvalue weighted by atomic mass is 35.5. The van der Waals surface area contributed by atoms with Gasteiger partial charge in [-0.15, -0.1) is 0 Å². The molecule has 26 heavy (non-hydrogen) atoms. The van der Waals surface area contributed by atoms with Crippen molar-refractivity contribution < 1.29 is 13.6 Å². The number of benzene rings is 2. The highest BCUT2D eigenvalue weighted by molar-refractivity contribution is 6.34. The average molecular weight is 380 g/mol. The molecular weight excluding hydrogens is 360 g/mol. The Labute approximate surface area is 156 Å². The first kappa shape index (κ1) is 18.5. The van der Waals surface area contributed by atoms with Crippen molar-refractivity contribution in [2.24, 2.45) is 0 Å². The maximum Gasteiger partial charge on any atom is 0.322 e. The zero-order valence-corrected chi connectivity index (χ0v) is 15.4. The normalized spacial score (nSPS) is 14.5. The molecule has 0 radical (unpaired) electrons. The number of hydrogen-bond donors (Lipinski definition) is 1. The van der Waals surface area contributed by atoms with Crippen LogP contribution in [0.3, 0.4) is 0 Å². The molecule has 0 spiro atoms. The second-order valence-corrected chi connectivity index (χ2v) is 6.85. The molecule has 0 atom stereocenters. The molecule has 1 fully saturated rings. The molecule has 2 aromatic carbocycles. The first-order valence-electron chi connectivity index (χ1n) is 8.38. The molecule has 7 heteroatoms. The lowest BCUT2D eigenvalue weighted by Crippen LogP contribution is -2.50. The van der Waals surface area contributed by atoms with Gasteiger partial charge in [0, 0.05) is 37.9 Å². The predicted molar refractivity (Wildman–Crippen MR) is 100 cm³/mol. The number of aryl methyl sites for hydroxylation is 2. The number of piperazine rings is 1. The number of anilines is 2. The summed E-state index contributed by atoms with van der Waals surface area (Å²) in [6.07, 6.45) is 0. The number of amides is 2. The molecule has 2 amide bonds. The van der Waals surface area contributed by atoms with Crippen molar-refractivity contribution in [3.05, 3.63) is 58.1 Å². The smallest absolute Gasteiger partial charge is 0.322 e. The van der Waals surface area contributed by atoms with Crippen molar-refractivity contribution in [3.8, 4) is 0 Å². The highest BCUT2D eigenvalue weighted by Crippen LogP contribution is 2.28. The van der Waals surface area contributed by atoms with Crippen LogP contribution in [0.4, 0.5) is 25.0 Å². The zero-order valence-electron chi connectivity index (χ0n) is 14.7. The van der Waals surface area contributed by atoms with Gasteiger partial charge in [0.05, 0.1) is 10.7 Å². The minimum atomic E-state index is -0.868. The van der Waals surface area contributed by atoms with Crippen LogP contribution >= 0.6 is 11.6 Å². The summed E-state index contributed by atoms with van der Waals surface area (Å²) in [4.78, 5) is 16.1. The quantitative estimate of drug-likeness (QED) is 0.828. The van der Waals surface area contributed by atoms with Gasteiger partial charge in [0.2, 0.25) is 0 Å². The lowest BCUT2D eigenvalue weighted by atomic mass is 10.1. The second-order valence-electron chi connectivity index (χ2n) is 6.44. The van der Waals surface area contributed by atoms with Crippen molar-refractivity contribution >= 4 is 29.0 Å². The Bertz CT molecular complexity index is 813. The molecule has 1 aliphatic rings. The van der Waals surface area contributed by atoms with Gasteiger partial charge in [-0.25, -0.2) is 13.6 Å². The van der Waals surface area contributed by atoms with Gasteiger partial charge in [0.1, 0.15) is 0 Å². The number of hydrogen-bond acceptors (Lipinski definition) is 2. The summed E-state index contributed by atoms with van der Waals surface area (Å²) in [6.45, 7) is 5.89. The van der Waals surface area contributed by atoms with E-state index in [0.717, 1.165) is 17.2 Å². The molecule has 0 saturated carbocycles. The topological polar surface area (TPSA) is 35.6 Å². The number of urea groups is 1. The largest absolute Gasteiger partial charge is 0.368 e. The maximum atomic E-state index is 13.4. The summed E-state index contributed by atoms with van der Waals surface area (Å²) in [5.74, 6) is -1.73. The number of carbonyl (C=O) groups excluding carboxylic acids is 1. The Morgan fingerprint density at radius 3 is 2.35 bits per heavy atom. The number of halogens is 3. The average Bonchev–Trinajstić information content (AvgIpc) is 2.60. The van der Waals surface area contributed by atoms with Gasteiger partial charge in [-0.3, -0.25) is 0 Å². The van der Waals surface area contributed by atoms with Crippen LogP contribution in [0.2, 0.25) is 5.02 Å². The Morgan fingerprint density at radius 1 is 1.04 bits per heavy atom. The molecule has 2 aromatic rings. The van der Waals surface area contributed by atoms with Gasteiger partial charge >= 0.3 is 6.03 Å². The number of nitrogens with one attached hydrogen (secondary N) is 1. The molecule has 1 saturated heterocycles. The molecule has 0 unspecified atom stereocenters. The minimum Gasteiger partial charge on any atom is -0.368 e. The lowest BCUT2D eigenvalue weighted by Gasteiger charge is -2.36. The summed E-state index contributed by atoms with van der Waals surface area (Å²) in [5.41, 5.74) is 3.17. The summed E-state index contributed by atoms with van der Waals surface area (Å²) >= 11 is 6.24. The van der Waals surface area contributed by atoms with Crippen molar-refractivity contribution in [2.45, 2.75) is 13.8 Å². The van der Waals surface area contributed by atoms with Crippen molar-refractivity contribution in [3.63, 3.8) is 0 Å². The molecule has 4 nitrogen and oxygen atoms in total. The van der Waals surface area contributed by atoms with Crippen molar-refractivity contribution in [1.29, 1.82) is 0 Å². The fourth-order valence-electron chi connectivity index (χ4n) is 3.11. The van der Waals surface area contributed by atoms with Crippen LogP contribution in [0.15, 0.2) is 30.3 Å². The van der Waals surface area contributed by atoms with E-state index in [-0.39, 0.29) is 6.03 Å². The fourth-order valence-corrected chi connectivity index (χ4v) is 3.48. The van der Waals surface area contributed by atoms with E-state index in [2.05, 4.69) is 5.32 Å². The molecule has 138 valence electrons. The number of carbonyl (C=O) groups is 1. The standard InChI is InChI=1S/C19H20ClF2N3O/c1-12-9-13(2)18(15(20)10-12)23-19(26)25-7-5-24(6-8-25)14-3-4-16(21)17(22)11-14/h3-4,9-11H,5-8H2,1-2H3,(H,23,26).